The van der Waals surface area contributed by atoms with E-state index in [2.05, 4.69) is 0 Å². The van der Waals surface area contributed by atoms with Gasteiger partial charge in [0, 0.05) is 6.54 Å². The van der Waals surface area contributed by atoms with Crippen LogP contribution in [0.3, 0.4) is 0 Å². The van der Waals surface area contributed by atoms with Crippen molar-refractivity contribution in [2.45, 2.75) is 13.3 Å². The number of thiocarbonyl (C=S) groups is 1. The Bertz CT molecular complexity index is 156. The van der Waals surface area contributed by atoms with Gasteiger partial charge in [0.1, 0.15) is 0 Å². The number of hydrogen-bond donors (Lipinski definition) is 2. The van der Waals surface area contributed by atoms with Crippen LogP contribution >= 0.6 is 12.2 Å². The molecule has 0 heterocycles. The van der Waals surface area contributed by atoms with Crippen molar-refractivity contribution in [3.63, 3.8) is 0 Å². The van der Waals surface area contributed by atoms with E-state index in [9.17, 15) is 4.79 Å². The summed E-state index contributed by atoms with van der Waals surface area (Å²) in [7, 11) is 0. The predicted molar refractivity (Wildman–Crippen MR) is 52.7 cm³/mol. The first-order valence-corrected chi connectivity index (χ1v) is 4.26. The van der Waals surface area contributed by atoms with E-state index >= 15 is 0 Å². The molecule has 0 saturated carbocycles. The molecule has 0 aliphatic heterocycles. The van der Waals surface area contributed by atoms with Gasteiger partial charge in [0.15, 0.2) is 0 Å². The number of carbonyl (C=O) groups is 1. The number of nitrogens with two attached hydrogens (primary N) is 2. The third-order valence-corrected chi connectivity index (χ3v) is 1.43. The Kier molecular flexibility index (Phi) is 5.57. The Morgan fingerprint density at radius 2 is 2.00 bits per heavy atom. The second kappa shape index (κ2) is 5.91. The molecule has 0 bridgehead atoms. The molecule has 0 unspecified atom stereocenters. The molecule has 0 aliphatic rings. The lowest BCUT2D eigenvalue weighted by atomic mass is 10.4. The lowest BCUT2D eigenvalue weighted by molar-refractivity contribution is -0.119. The van der Waals surface area contributed by atoms with Crippen molar-refractivity contribution in [3.8, 4) is 0 Å². The van der Waals surface area contributed by atoms with Gasteiger partial charge in [0.25, 0.3) is 0 Å². The van der Waals surface area contributed by atoms with E-state index < -0.39 is 0 Å². The first-order chi connectivity index (χ1) is 5.56. The highest BCUT2D eigenvalue weighted by Gasteiger charge is 2.07. The predicted octanol–water partition coefficient (Wildman–Crippen LogP) is -0.530. The average Bonchev–Trinajstić information content (AvgIpc) is 1.84. The fraction of sp³-hybridized carbons (Fsp3) is 0.714. The van der Waals surface area contributed by atoms with Gasteiger partial charge in [-0.3, -0.25) is 9.69 Å². The van der Waals surface area contributed by atoms with E-state index in [1.807, 2.05) is 11.8 Å². The van der Waals surface area contributed by atoms with Crippen molar-refractivity contribution in [3.05, 3.63) is 0 Å². The van der Waals surface area contributed by atoms with E-state index in [1.54, 1.807) is 0 Å². The van der Waals surface area contributed by atoms with Crippen molar-refractivity contribution in [2.24, 2.45) is 11.5 Å². The van der Waals surface area contributed by atoms with Gasteiger partial charge in [0.2, 0.25) is 5.91 Å². The molecule has 0 aromatic heterocycles. The van der Waals surface area contributed by atoms with Crippen molar-refractivity contribution in [1.29, 1.82) is 0 Å². The smallest absolute Gasteiger partial charge is 0.231 e. The van der Waals surface area contributed by atoms with Crippen LogP contribution in [0.1, 0.15) is 13.3 Å². The molecule has 0 rings (SSSR count). The van der Waals surface area contributed by atoms with Crippen LogP contribution in [0.4, 0.5) is 0 Å². The highest BCUT2D eigenvalue weighted by Crippen LogP contribution is 1.90. The van der Waals surface area contributed by atoms with E-state index in [-0.39, 0.29) is 12.5 Å². The second-order valence-electron chi connectivity index (χ2n) is 2.64. The summed E-state index contributed by atoms with van der Waals surface area (Å²) in [4.78, 5) is 12.8. The maximum Gasteiger partial charge on any atom is 0.231 e. The summed E-state index contributed by atoms with van der Waals surface area (Å²) in [5.74, 6) is -0.347. The Labute approximate surface area is 77.9 Å². The molecule has 0 fully saturated rings. The lowest BCUT2D eigenvalue weighted by Crippen LogP contribution is -2.39. The zero-order valence-electron chi connectivity index (χ0n) is 7.25. The van der Waals surface area contributed by atoms with Crippen LogP contribution in [0.2, 0.25) is 0 Å². The van der Waals surface area contributed by atoms with E-state index in [1.165, 1.54) is 0 Å². The fourth-order valence-corrected chi connectivity index (χ4v) is 1.15. The molecule has 12 heavy (non-hydrogen) atoms. The van der Waals surface area contributed by atoms with Crippen LogP contribution in [0.25, 0.3) is 0 Å². The molecule has 0 aliphatic carbocycles. The molecule has 5 heteroatoms. The van der Waals surface area contributed by atoms with Gasteiger partial charge in [0.05, 0.1) is 11.5 Å². The molecule has 0 aromatic rings. The fourth-order valence-electron chi connectivity index (χ4n) is 0.971. The Hall–Kier alpha value is -0.680. The second-order valence-corrected chi connectivity index (χ2v) is 3.17. The van der Waals surface area contributed by atoms with Crippen LogP contribution in [0, 0.1) is 0 Å². The third kappa shape index (κ3) is 6.06. The SMILES string of the molecule is CCCN(CC(N)=O)CC(N)=S. The first-order valence-electron chi connectivity index (χ1n) is 3.85. The normalized spacial score (nSPS) is 10.2. The van der Waals surface area contributed by atoms with Crippen molar-refractivity contribution < 1.29 is 4.79 Å². The van der Waals surface area contributed by atoms with E-state index in [0.29, 0.717) is 11.5 Å². The van der Waals surface area contributed by atoms with Gasteiger partial charge in [-0.1, -0.05) is 19.1 Å². The van der Waals surface area contributed by atoms with Crippen LogP contribution in [-0.4, -0.2) is 35.4 Å². The molecular formula is C7H15N3OS. The molecule has 0 spiro atoms. The van der Waals surface area contributed by atoms with Crippen LogP contribution in [-0.2, 0) is 4.79 Å². The topological polar surface area (TPSA) is 72.3 Å². The van der Waals surface area contributed by atoms with E-state index in [4.69, 9.17) is 23.7 Å². The maximum atomic E-state index is 10.6. The molecule has 0 saturated heterocycles. The highest BCUT2D eigenvalue weighted by atomic mass is 32.1. The summed E-state index contributed by atoms with van der Waals surface area (Å²) < 4.78 is 0. The summed E-state index contributed by atoms with van der Waals surface area (Å²) in [6.07, 6.45) is 0.954. The van der Waals surface area contributed by atoms with E-state index in [0.717, 1.165) is 13.0 Å². The van der Waals surface area contributed by atoms with Gasteiger partial charge in [-0.25, -0.2) is 0 Å². The maximum absolute atomic E-state index is 10.6. The lowest BCUT2D eigenvalue weighted by Gasteiger charge is -2.18. The Balaban J connectivity index is 3.85. The zero-order valence-corrected chi connectivity index (χ0v) is 8.06. The number of carbonyl (C=O) groups excluding carboxylic acids is 1. The largest absolute Gasteiger partial charge is 0.392 e. The average molecular weight is 189 g/mol. The minimum Gasteiger partial charge on any atom is -0.392 e. The molecule has 70 valence electrons. The molecule has 0 radical (unpaired) electrons. The number of hydrogen-bond acceptors (Lipinski definition) is 3. The third-order valence-electron chi connectivity index (χ3n) is 1.30. The molecule has 4 nitrogen and oxygen atoms in total. The Morgan fingerprint density at radius 3 is 2.33 bits per heavy atom. The molecule has 0 aromatic carbocycles. The minimum atomic E-state index is -0.347. The number of primary amides is 1. The number of nitrogens with zero attached hydrogens (tertiary/aromatic N) is 1. The van der Waals surface area contributed by atoms with Crippen LogP contribution < -0.4 is 11.5 Å². The van der Waals surface area contributed by atoms with Crippen molar-refractivity contribution in [1.82, 2.24) is 4.90 Å². The number of amides is 1. The van der Waals surface area contributed by atoms with Crippen molar-refractivity contribution in [2.75, 3.05) is 19.6 Å². The van der Waals surface area contributed by atoms with Gasteiger partial charge in [-0.05, 0) is 13.0 Å². The van der Waals surface area contributed by atoms with Crippen molar-refractivity contribution >= 4 is 23.1 Å². The quantitative estimate of drug-likeness (QED) is 0.551. The first kappa shape index (κ1) is 11.3. The summed E-state index contributed by atoms with van der Waals surface area (Å²) in [5, 5.41) is 0. The standard InChI is InChI=1S/C7H15N3OS/c1-2-3-10(4-6(8)11)5-7(9)12/h2-5H2,1H3,(H2,8,11)(H2,9,12). The summed E-state index contributed by atoms with van der Waals surface area (Å²) in [6.45, 7) is 3.51. The van der Waals surface area contributed by atoms with Gasteiger partial charge in [-0.15, -0.1) is 0 Å². The minimum absolute atomic E-state index is 0.227. The summed E-state index contributed by atoms with van der Waals surface area (Å²) in [6, 6.07) is 0. The molecule has 0 atom stereocenters. The van der Waals surface area contributed by atoms with Crippen LogP contribution in [0.5, 0.6) is 0 Å². The van der Waals surface area contributed by atoms with Crippen LogP contribution in [0.15, 0.2) is 0 Å². The zero-order chi connectivity index (χ0) is 9.56. The molecule has 4 N–H and O–H groups in total. The summed E-state index contributed by atoms with van der Waals surface area (Å²) >= 11 is 4.72. The molecule has 1 amide bonds. The van der Waals surface area contributed by atoms with Gasteiger partial charge < -0.3 is 11.5 Å². The highest BCUT2D eigenvalue weighted by molar-refractivity contribution is 7.80. The number of rotatable bonds is 6. The van der Waals surface area contributed by atoms with Gasteiger partial charge >= 0.3 is 0 Å². The summed E-state index contributed by atoms with van der Waals surface area (Å²) in [5.41, 5.74) is 10.4. The molecular weight excluding hydrogens is 174 g/mol. The van der Waals surface area contributed by atoms with Gasteiger partial charge in [-0.2, -0.15) is 0 Å². The Morgan fingerprint density at radius 1 is 1.42 bits per heavy atom. The monoisotopic (exact) mass is 189 g/mol.